The minimum Gasteiger partial charge on any atom is -0.481 e. The number of carboxylic acids is 1. The van der Waals surface area contributed by atoms with Gasteiger partial charge in [0, 0.05) is 0 Å². The van der Waals surface area contributed by atoms with Gasteiger partial charge in [-0.05, 0) is 30.5 Å². The molecule has 1 aliphatic rings. The molecule has 0 aromatic heterocycles. The summed E-state index contributed by atoms with van der Waals surface area (Å²) in [6.45, 7) is -2.95. The third-order valence-electron chi connectivity index (χ3n) is 3.32. The molecule has 0 heterocycles. The van der Waals surface area contributed by atoms with E-state index in [9.17, 15) is 18.7 Å². The first-order valence-corrected chi connectivity index (χ1v) is 5.82. The van der Waals surface area contributed by atoms with Crippen molar-refractivity contribution in [3.05, 3.63) is 28.8 Å². The van der Waals surface area contributed by atoms with Crippen LogP contribution < -0.4 is 4.74 Å². The summed E-state index contributed by atoms with van der Waals surface area (Å²) in [6.07, 6.45) is 1.90. The van der Waals surface area contributed by atoms with E-state index in [1.54, 1.807) is 0 Å². The van der Waals surface area contributed by atoms with Crippen molar-refractivity contribution < 1.29 is 23.4 Å². The standard InChI is InChI=1S/C12H11ClF2O3/c13-8-6-7(2-3-9(8)18-11(14)15)12(10(16)17)4-1-5-12/h2-3,6,11H,1,4-5H2,(H,16,17). The van der Waals surface area contributed by atoms with Crippen molar-refractivity contribution >= 4 is 17.6 Å². The number of ether oxygens (including phenoxy) is 1. The van der Waals surface area contributed by atoms with Crippen molar-refractivity contribution in [3.63, 3.8) is 0 Å². The quantitative estimate of drug-likeness (QED) is 0.916. The topological polar surface area (TPSA) is 46.5 Å². The van der Waals surface area contributed by atoms with Crippen LogP contribution in [-0.4, -0.2) is 17.7 Å². The maximum absolute atomic E-state index is 12.1. The molecule has 1 aliphatic carbocycles. The number of alkyl halides is 2. The molecule has 3 nitrogen and oxygen atoms in total. The smallest absolute Gasteiger partial charge is 0.387 e. The number of aliphatic carboxylic acids is 1. The molecule has 1 aromatic rings. The van der Waals surface area contributed by atoms with Gasteiger partial charge in [-0.15, -0.1) is 0 Å². The lowest BCUT2D eigenvalue weighted by atomic mass is 9.64. The molecule has 18 heavy (non-hydrogen) atoms. The van der Waals surface area contributed by atoms with E-state index in [1.807, 2.05) is 0 Å². The molecule has 1 saturated carbocycles. The molecule has 1 fully saturated rings. The Morgan fingerprint density at radius 1 is 1.44 bits per heavy atom. The summed E-state index contributed by atoms with van der Waals surface area (Å²) in [5.74, 6) is -1.05. The first kappa shape index (κ1) is 13.1. The zero-order chi connectivity index (χ0) is 13.3. The van der Waals surface area contributed by atoms with Crippen molar-refractivity contribution in [1.29, 1.82) is 0 Å². The van der Waals surface area contributed by atoms with Gasteiger partial charge >= 0.3 is 12.6 Å². The Hall–Kier alpha value is -1.36. The van der Waals surface area contributed by atoms with E-state index in [4.69, 9.17) is 11.6 Å². The number of carboxylic acid groups (broad SMARTS) is 1. The molecule has 0 atom stereocenters. The number of carbonyl (C=O) groups is 1. The second kappa shape index (κ2) is 4.72. The summed E-state index contributed by atoms with van der Waals surface area (Å²) in [6, 6.07) is 4.16. The van der Waals surface area contributed by atoms with Gasteiger partial charge in [0.1, 0.15) is 5.75 Å². The van der Waals surface area contributed by atoms with Crippen molar-refractivity contribution in [2.24, 2.45) is 0 Å². The Bertz CT molecular complexity index is 472. The average molecular weight is 277 g/mol. The predicted molar refractivity (Wildman–Crippen MR) is 61.2 cm³/mol. The maximum Gasteiger partial charge on any atom is 0.387 e. The highest BCUT2D eigenvalue weighted by molar-refractivity contribution is 6.32. The van der Waals surface area contributed by atoms with Gasteiger partial charge in [0.15, 0.2) is 0 Å². The van der Waals surface area contributed by atoms with Crippen molar-refractivity contribution in [1.82, 2.24) is 0 Å². The van der Waals surface area contributed by atoms with Crippen LogP contribution in [0.25, 0.3) is 0 Å². The Labute approximate surface area is 107 Å². The number of hydrogen-bond donors (Lipinski definition) is 1. The number of rotatable bonds is 4. The van der Waals surface area contributed by atoms with E-state index in [0.717, 1.165) is 6.42 Å². The van der Waals surface area contributed by atoms with Gasteiger partial charge in [-0.2, -0.15) is 8.78 Å². The average Bonchev–Trinajstić information content (AvgIpc) is 2.19. The van der Waals surface area contributed by atoms with Gasteiger partial charge in [0.05, 0.1) is 10.4 Å². The summed E-state index contributed by atoms with van der Waals surface area (Å²) < 4.78 is 28.3. The number of benzene rings is 1. The van der Waals surface area contributed by atoms with E-state index in [-0.39, 0.29) is 10.8 Å². The first-order chi connectivity index (χ1) is 8.45. The van der Waals surface area contributed by atoms with Gasteiger partial charge in [0.25, 0.3) is 0 Å². The highest BCUT2D eigenvalue weighted by Gasteiger charge is 2.46. The Morgan fingerprint density at radius 3 is 2.50 bits per heavy atom. The van der Waals surface area contributed by atoms with Crippen molar-refractivity contribution in [3.8, 4) is 5.75 Å². The molecule has 0 unspecified atom stereocenters. The zero-order valence-corrected chi connectivity index (χ0v) is 10.1. The normalized spacial score (nSPS) is 17.3. The van der Waals surface area contributed by atoms with Crippen LogP contribution in [0.1, 0.15) is 24.8 Å². The molecule has 1 aromatic carbocycles. The van der Waals surface area contributed by atoms with Crippen LogP contribution in [0.4, 0.5) is 8.78 Å². The molecular formula is C12H11ClF2O3. The summed E-state index contributed by atoms with van der Waals surface area (Å²) >= 11 is 5.81. The lowest BCUT2D eigenvalue weighted by molar-refractivity contribution is -0.147. The molecule has 6 heteroatoms. The van der Waals surface area contributed by atoms with Crippen LogP contribution >= 0.6 is 11.6 Å². The van der Waals surface area contributed by atoms with E-state index >= 15 is 0 Å². The first-order valence-electron chi connectivity index (χ1n) is 5.44. The van der Waals surface area contributed by atoms with Crippen molar-refractivity contribution in [2.45, 2.75) is 31.3 Å². The molecule has 0 aliphatic heterocycles. The van der Waals surface area contributed by atoms with Crippen LogP contribution in [0.5, 0.6) is 5.75 Å². The lowest BCUT2D eigenvalue weighted by Gasteiger charge is -2.38. The zero-order valence-electron chi connectivity index (χ0n) is 9.33. The van der Waals surface area contributed by atoms with Gasteiger partial charge < -0.3 is 9.84 Å². The monoisotopic (exact) mass is 276 g/mol. The third-order valence-corrected chi connectivity index (χ3v) is 3.61. The van der Waals surface area contributed by atoms with Crippen LogP contribution in [0.3, 0.4) is 0 Å². The summed E-state index contributed by atoms with van der Waals surface area (Å²) in [5.41, 5.74) is -0.389. The molecule has 0 saturated heterocycles. The Morgan fingerprint density at radius 2 is 2.11 bits per heavy atom. The maximum atomic E-state index is 12.1. The fraction of sp³-hybridized carbons (Fsp3) is 0.417. The van der Waals surface area contributed by atoms with E-state index in [1.165, 1.54) is 18.2 Å². The molecule has 0 spiro atoms. The van der Waals surface area contributed by atoms with Crippen LogP contribution in [0.15, 0.2) is 18.2 Å². The fourth-order valence-corrected chi connectivity index (χ4v) is 2.37. The highest BCUT2D eigenvalue weighted by Crippen LogP contribution is 2.45. The Kier molecular flexibility index (Phi) is 3.43. The van der Waals surface area contributed by atoms with Gasteiger partial charge in [-0.3, -0.25) is 4.79 Å². The largest absolute Gasteiger partial charge is 0.481 e. The van der Waals surface area contributed by atoms with Gasteiger partial charge in [0.2, 0.25) is 0 Å². The molecule has 0 radical (unpaired) electrons. The second-order valence-electron chi connectivity index (χ2n) is 4.26. The van der Waals surface area contributed by atoms with E-state index < -0.39 is 18.0 Å². The number of hydrogen-bond acceptors (Lipinski definition) is 2. The Balaban J connectivity index is 2.31. The molecule has 1 N–H and O–H groups in total. The van der Waals surface area contributed by atoms with E-state index in [0.29, 0.717) is 18.4 Å². The highest BCUT2D eigenvalue weighted by atomic mass is 35.5. The molecule has 98 valence electrons. The molecular weight excluding hydrogens is 266 g/mol. The summed E-state index contributed by atoms with van der Waals surface area (Å²) in [7, 11) is 0. The minimum atomic E-state index is -2.95. The second-order valence-corrected chi connectivity index (χ2v) is 4.67. The van der Waals surface area contributed by atoms with Gasteiger partial charge in [-0.25, -0.2) is 0 Å². The molecule has 0 amide bonds. The van der Waals surface area contributed by atoms with Crippen molar-refractivity contribution in [2.75, 3.05) is 0 Å². The fourth-order valence-electron chi connectivity index (χ4n) is 2.15. The third kappa shape index (κ3) is 2.14. The summed E-state index contributed by atoms with van der Waals surface area (Å²) in [4.78, 5) is 11.3. The molecule has 2 rings (SSSR count). The van der Waals surface area contributed by atoms with Crippen LogP contribution in [-0.2, 0) is 10.2 Å². The predicted octanol–water partition coefficient (Wildman–Crippen LogP) is 3.45. The van der Waals surface area contributed by atoms with E-state index in [2.05, 4.69) is 4.74 Å². The van der Waals surface area contributed by atoms with Gasteiger partial charge in [-0.1, -0.05) is 24.1 Å². The lowest BCUT2D eigenvalue weighted by Crippen LogP contribution is -2.42. The van der Waals surface area contributed by atoms with Crippen LogP contribution in [0, 0.1) is 0 Å². The summed E-state index contributed by atoms with van der Waals surface area (Å²) in [5, 5.41) is 9.25. The SMILES string of the molecule is O=C(O)C1(c2ccc(OC(F)F)c(Cl)c2)CCC1. The van der Waals surface area contributed by atoms with Crippen LogP contribution in [0.2, 0.25) is 5.02 Å². The minimum absolute atomic E-state index is 0.000301. The number of halogens is 3. The molecule has 0 bridgehead atoms.